The predicted molar refractivity (Wildman–Crippen MR) is 84.4 cm³/mol. The molecule has 0 aliphatic heterocycles. The van der Waals surface area contributed by atoms with Crippen molar-refractivity contribution in [3.05, 3.63) is 58.1 Å². The lowest BCUT2D eigenvalue weighted by Gasteiger charge is -2.05. The molecule has 0 atom stereocenters. The van der Waals surface area contributed by atoms with Gasteiger partial charge in [0.1, 0.15) is 0 Å². The highest BCUT2D eigenvalue weighted by Crippen LogP contribution is 2.32. The van der Waals surface area contributed by atoms with E-state index in [1.54, 1.807) is 11.8 Å². The molecule has 1 N–H and O–H groups in total. The van der Waals surface area contributed by atoms with Gasteiger partial charge in [0, 0.05) is 16.3 Å². The summed E-state index contributed by atoms with van der Waals surface area (Å²) >= 11 is 13.6. The quantitative estimate of drug-likeness (QED) is 0.809. The molecule has 0 amide bonds. The fourth-order valence-electron chi connectivity index (χ4n) is 1.62. The average molecular weight is 312 g/mol. The zero-order valence-electron chi connectivity index (χ0n) is 10.6. The lowest BCUT2D eigenvalue weighted by Crippen LogP contribution is -2.11. The van der Waals surface area contributed by atoms with E-state index < -0.39 is 0 Å². The fourth-order valence-corrected chi connectivity index (χ4v) is 2.84. The summed E-state index contributed by atoms with van der Waals surface area (Å²) in [6.45, 7) is 4.00. The monoisotopic (exact) mass is 311 g/mol. The van der Waals surface area contributed by atoms with Crippen LogP contribution in [0.4, 0.5) is 0 Å². The van der Waals surface area contributed by atoms with E-state index in [0.29, 0.717) is 10.0 Å². The van der Waals surface area contributed by atoms with Crippen LogP contribution in [0.5, 0.6) is 0 Å². The Labute approximate surface area is 128 Å². The summed E-state index contributed by atoms with van der Waals surface area (Å²) < 4.78 is 0. The van der Waals surface area contributed by atoms with Gasteiger partial charge in [-0.15, -0.1) is 0 Å². The zero-order valence-corrected chi connectivity index (χ0v) is 12.9. The molecule has 0 aliphatic rings. The van der Waals surface area contributed by atoms with Gasteiger partial charge in [-0.2, -0.15) is 0 Å². The van der Waals surface area contributed by atoms with E-state index in [4.69, 9.17) is 23.2 Å². The number of halogens is 2. The van der Waals surface area contributed by atoms with Crippen molar-refractivity contribution in [2.24, 2.45) is 0 Å². The van der Waals surface area contributed by atoms with E-state index in [2.05, 4.69) is 36.5 Å². The first-order valence-electron chi connectivity index (χ1n) is 6.11. The molecule has 0 aromatic heterocycles. The van der Waals surface area contributed by atoms with Crippen LogP contribution in [0, 0.1) is 0 Å². The van der Waals surface area contributed by atoms with E-state index >= 15 is 0 Å². The highest BCUT2D eigenvalue weighted by atomic mass is 35.5. The smallest absolute Gasteiger partial charge is 0.0603 e. The second kappa shape index (κ2) is 7.20. The van der Waals surface area contributed by atoms with Crippen molar-refractivity contribution in [2.45, 2.75) is 23.3 Å². The Bertz CT molecular complexity index is 540. The van der Waals surface area contributed by atoms with E-state index in [0.717, 1.165) is 18.0 Å². The largest absolute Gasteiger partial charge is 0.313 e. The molecule has 0 bridgehead atoms. The molecule has 4 heteroatoms. The molecule has 0 radical (unpaired) electrons. The molecule has 0 heterocycles. The van der Waals surface area contributed by atoms with Gasteiger partial charge < -0.3 is 5.32 Å². The van der Waals surface area contributed by atoms with Crippen molar-refractivity contribution in [3.63, 3.8) is 0 Å². The Morgan fingerprint density at radius 3 is 2.26 bits per heavy atom. The Morgan fingerprint density at radius 2 is 1.63 bits per heavy atom. The van der Waals surface area contributed by atoms with Gasteiger partial charge in [0.15, 0.2) is 0 Å². The maximum Gasteiger partial charge on any atom is 0.0603 e. The third-order valence-corrected chi connectivity index (χ3v) is 4.37. The van der Waals surface area contributed by atoms with Crippen molar-refractivity contribution >= 4 is 35.0 Å². The first-order valence-corrected chi connectivity index (χ1v) is 7.69. The summed E-state index contributed by atoms with van der Waals surface area (Å²) in [4.78, 5) is 2.28. The van der Waals surface area contributed by atoms with Crippen LogP contribution in [0.25, 0.3) is 0 Å². The summed E-state index contributed by atoms with van der Waals surface area (Å²) in [5, 5.41) is 4.49. The minimum atomic E-state index is 0.590. The van der Waals surface area contributed by atoms with Crippen molar-refractivity contribution in [2.75, 3.05) is 6.54 Å². The van der Waals surface area contributed by atoms with Crippen molar-refractivity contribution in [1.29, 1.82) is 0 Å². The maximum atomic E-state index is 6.01. The van der Waals surface area contributed by atoms with E-state index in [1.807, 2.05) is 18.2 Å². The molecule has 2 aromatic carbocycles. The van der Waals surface area contributed by atoms with Crippen molar-refractivity contribution in [3.8, 4) is 0 Å². The maximum absolute atomic E-state index is 6.01. The normalized spacial score (nSPS) is 10.7. The molecular formula is C15H15Cl2NS. The third-order valence-electron chi connectivity index (χ3n) is 2.63. The molecule has 0 spiro atoms. The SMILES string of the molecule is CCNCc1ccc(Sc2ccc(Cl)c(Cl)c2)cc1. The van der Waals surface area contributed by atoms with E-state index in [1.165, 1.54) is 10.5 Å². The van der Waals surface area contributed by atoms with Crippen LogP contribution in [0.3, 0.4) is 0 Å². The summed E-state index contributed by atoms with van der Waals surface area (Å²) in [6.07, 6.45) is 0. The molecule has 100 valence electrons. The van der Waals surface area contributed by atoms with E-state index in [9.17, 15) is 0 Å². The van der Waals surface area contributed by atoms with Gasteiger partial charge in [0.25, 0.3) is 0 Å². The molecule has 2 aromatic rings. The molecular weight excluding hydrogens is 297 g/mol. The second-order valence-electron chi connectivity index (χ2n) is 4.10. The summed E-state index contributed by atoms with van der Waals surface area (Å²) in [6, 6.07) is 14.2. The topological polar surface area (TPSA) is 12.0 Å². The number of rotatable bonds is 5. The lowest BCUT2D eigenvalue weighted by atomic mass is 10.2. The minimum Gasteiger partial charge on any atom is -0.313 e. The Balaban J connectivity index is 2.04. The molecule has 1 nitrogen and oxygen atoms in total. The number of nitrogens with one attached hydrogen (secondary N) is 1. The highest BCUT2D eigenvalue weighted by Gasteiger charge is 2.02. The summed E-state index contributed by atoms with van der Waals surface area (Å²) in [5.74, 6) is 0. The second-order valence-corrected chi connectivity index (χ2v) is 6.06. The summed E-state index contributed by atoms with van der Waals surface area (Å²) in [7, 11) is 0. The molecule has 0 saturated heterocycles. The standard InChI is InChI=1S/C15H15Cl2NS/c1-2-18-10-11-3-5-12(6-4-11)19-13-7-8-14(16)15(17)9-13/h3-9,18H,2,10H2,1H3. The number of benzene rings is 2. The first-order chi connectivity index (χ1) is 9.19. The number of hydrogen-bond donors (Lipinski definition) is 1. The third kappa shape index (κ3) is 4.43. The molecule has 0 aliphatic carbocycles. The minimum absolute atomic E-state index is 0.590. The van der Waals surface area contributed by atoms with Crippen LogP contribution in [0.15, 0.2) is 52.3 Å². The van der Waals surface area contributed by atoms with Crippen molar-refractivity contribution < 1.29 is 0 Å². The Kier molecular flexibility index (Phi) is 5.59. The molecule has 0 fully saturated rings. The van der Waals surface area contributed by atoms with Gasteiger partial charge in [-0.3, -0.25) is 0 Å². The van der Waals surface area contributed by atoms with Gasteiger partial charge in [0.05, 0.1) is 10.0 Å². The Morgan fingerprint density at radius 1 is 0.947 bits per heavy atom. The molecule has 19 heavy (non-hydrogen) atoms. The predicted octanol–water partition coefficient (Wildman–Crippen LogP) is 5.25. The van der Waals surface area contributed by atoms with Crippen LogP contribution in [-0.4, -0.2) is 6.54 Å². The van der Waals surface area contributed by atoms with E-state index in [-0.39, 0.29) is 0 Å². The van der Waals surface area contributed by atoms with Gasteiger partial charge >= 0.3 is 0 Å². The van der Waals surface area contributed by atoms with Gasteiger partial charge in [-0.1, -0.05) is 54.0 Å². The highest BCUT2D eigenvalue weighted by molar-refractivity contribution is 7.99. The molecule has 0 saturated carbocycles. The fraction of sp³-hybridized carbons (Fsp3) is 0.200. The van der Waals surface area contributed by atoms with Crippen LogP contribution in [0.1, 0.15) is 12.5 Å². The van der Waals surface area contributed by atoms with Crippen LogP contribution < -0.4 is 5.32 Å². The molecule has 2 rings (SSSR count). The van der Waals surface area contributed by atoms with Crippen LogP contribution in [-0.2, 0) is 6.54 Å². The van der Waals surface area contributed by atoms with Crippen LogP contribution in [0.2, 0.25) is 10.0 Å². The van der Waals surface area contributed by atoms with Crippen molar-refractivity contribution in [1.82, 2.24) is 5.32 Å². The van der Waals surface area contributed by atoms with Crippen LogP contribution >= 0.6 is 35.0 Å². The molecule has 0 unspecified atom stereocenters. The van der Waals surface area contributed by atoms with Gasteiger partial charge in [0.2, 0.25) is 0 Å². The Hall–Kier alpha value is -0.670. The average Bonchev–Trinajstić information content (AvgIpc) is 2.42. The van der Waals surface area contributed by atoms with Gasteiger partial charge in [-0.05, 0) is 42.4 Å². The number of hydrogen-bond acceptors (Lipinski definition) is 2. The first kappa shape index (κ1) is 14.7. The summed E-state index contributed by atoms with van der Waals surface area (Å²) in [5.41, 5.74) is 1.29. The zero-order chi connectivity index (χ0) is 13.7. The van der Waals surface area contributed by atoms with Gasteiger partial charge in [-0.25, -0.2) is 0 Å². The lowest BCUT2D eigenvalue weighted by molar-refractivity contribution is 0.726.